The van der Waals surface area contributed by atoms with Crippen molar-refractivity contribution in [3.63, 3.8) is 0 Å². The Morgan fingerprint density at radius 2 is 1.74 bits per heavy atom. The van der Waals surface area contributed by atoms with Gasteiger partial charge in [0.1, 0.15) is 29.9 Å². The van der Waals surface area contributed by atoms with Crippen LogP contribution in [0.1, 0.15) is 21.9 Å². The average Bonchev–Trinajstić information content (AvgIpc) is 3.29. The Hall–Kier alpha value is -4.24. The van der Waals surface area contributed by atoms with E-state index in [0.717, 1.165) is 22.1 Å². The highest BCUT2D eigenvalue weighted by Gasteiger charge is 2.12. The standard InChI is InChI=1S/C25H20N2O4/c26-12-13-29-21-7-3-4-18(14-21)16-27-25(28)24-11-10-23(31-24)17-30-22-9-8-19-5-1-2-6-20(19)15-22/h1-11,14-15H,13,16-17H2,(H,27,28). The van der Waals surface area contributed by atoms with Gasteiger partial charge in [-0.3, -0.25) is 4.79 Å². The summed E-state index contributed by atoms with van der Waals surface area (Å²) >= 11 is 0. The molecule has 31 heavy (non-hydrogen) atoms. The molecule has 3 aromatic carbocycles. The van der Waals surface area contributed by atoms with E-state index in [0.29, 0.717) is 18.1 Å². The molecule has 6 nitrogen and oxygen atoms in total. The van der Waals surface area contributed by atoms with Crippen LogP contribution in [0.4, 0.5) is 0 Å². The Balaban J connectivity index is 1.31. The van der Waals surface area contributed by atoms with Gasteiger partial charge >= 0.3 is 0 Å². The number of furan rings is 1. The van der Waals surface area contributed by atoms with E-state index in [1.54, 1.807) is 24.3 Å². The molecular formula is C25H20N2O4. The highest BCUT2D eigenvalue weighted by molar-refractivity contribution is 5.91. The normalized spacial score (nSPS) is 10.4. The molecule has 4 rings (SSSR count). The van der Waals surface area contributed by atoms with Crippen molar-refractivity contribution in [2.24, 2.45) is 0 Å². The summed E-state index contributed by atoms with van der Waals surface area (Å²) < 4.78 is 16.7. The maximum atomic E-state index is 12.4. The van der Waals surface area contributed by atoms with E-state index < -0.39 is 0 Å². The molecule has 1 N–H and O–H groups in total. The van der Waals surface area contributed by atoms with Crippen LogP contribution in [0.5, 0.6) is 11.5 Å². The second-order valence-corrected chi connectivity index (χ2v) is 6.84. The van der Waals surface area contributed by atoms with Gasteiger partial charge in [0, 0.05) is 6.54 Å². The van der Waals surface area contributed by atoms with Crippen LogP contribution in [-0.4, -0.2) is 12.5 Å². The van der Waals surface area contributed by atoms with E-state index in [-0.39, 0.29) is 24.9 Å². The van der Waals surface area contributed by atoms with Crippen LogP contribution in [0.3, 0.4) is 0 Å². The highest BCUT2D eigenvalue weighted by atomic mass is 16.5. The predicted octanol–water partition coefficient (Wildman–Crippen LogP) is 4.84. The molecule has 154 valence electrons. The molecule has 1 heterocycles. The first-order valence-electron chi connectivity index (χ1n) is 9.78. The van der Waals surface area contributed by atoms with Crippen molar-refractivity contribution in [2.75, 3.05) is 6.61 Å². The lowest BCUT2D eigenvalue weighted by Gasteiger charge is -2.07. The second kappa shape index (κ2) is 9.51. The van der Waals surface area contributed by atoms with Gasteiger partial charge in [0.2, 0.25) is 0 Å². The van der Waals surface area contributed by atoms with Crippen LogP contribution in [0.15, 0.2) is 83.3 Å². The Morgan fingerprint density at radius 1 is 0.903 bits per heavy atom. The molecule has 0 radical (unpaired) electrons. The van der Waals surface area contributed by atoms with E-state index in [4.69, 9.17) is 19.2 Å². The smallest absolute Gasteiger partial charge is 0.287 e. The number of carbonyl (C=O) groups is 1. The van der Waals surface area contributed by atoms with Crippen molar-refractivity contribution in [2.45, 2.75) is 13.2 Å². The summed E-state index contributed by atoms with van der Waals surface area (Å²) in [5.74, 6) is 1.78. The summed E-state index contributed by atoms with van der Waals surface area (Å²) in [7, 11) is 0. The van der Waals surface area contributed by atoms with Gasteiger partial charge < -0.3 is 19.2 Å². The quantitative estimate of drug-likeness (QED) is 0.447. The van der Waals surface area contributed by atoms with Gasteiger partial charge in [-0.25, -0.2) is 0 Å². The second-order valence-electron chi connectivity index (χ2n) is 6.84. The number of nitriles is 1. The number of nitrogens with zero attached hydrogens (tertiary/aromatic N) is 1. The molecule has 0 fully saturated rings. The van der Waals surface area contributed by atoms with Crippen LogP contribution in [0, 0.1) is 11.3 Å². The zero-order valence-electron chi connectivity index (χ0n) is 16.7. The zero-order valence-corrected chi connectivity index (χ0v) is 16.7. The SMILES string of the molecule is N#CCOc1cccc(CNC(=O)c2ccc(COc3ccc4ccccc4c3)o2)c1. The number of benzene rings is 3. The fraction of sp³-hybridized carbons (Fsp3) is 0.120. The Kier molecular flexibility index (Phi) is 6.15. The van der Waals surface area contributed by atoms with Crippen LogP contribution in [-0.2, 0) is 13.2 Å². The third kappa shape index (κ3) is 5.22. The molecule has 0 unspecified atom stereocenters. The van der Waals surface area contributed by atoms with Gasteiger partial charge in [-0.15, -0.1) is 0 Å². The number of nitrogens with one attached hydrogen (secondary N) is 1. The topological polar surface area (TPSA) is 84.5 Å². The maximum Gasteiger partial charge on any atom is 0.287 e. The van der Waals surface area contributed by atoms with Crippen molar-refractivity contribution >= 4 is 16.7 Å². The van der Waals surface area contributed by atoms with Crippen LogP contribution in [0.2, 0.25) is 0 Å². The fourth-order valence-corrected chi connectivity index (χ4v) is 3.12. The largest absolute Gasteiger partial charge is 0.486 e. The molecule has 0 atom stereocenters. The molecule has 0 aliphatic heterocycles. The lowest BCUT2D eigenvalue weighted by Crippen LogP contribution is -2.22. The zero-order chi connectivity index (χ0) is 21.5. The molecule has 0 bridgehead atoms. The molecule has 4 aromatic rings. The first kappa shape index (κ1) is 20.0. The molecule has 0 spiro atoms. The lowest BCUT2D eigenvalue weighted by atomic mass is 10.1. The minimum absolute atomic E-state index is 0.0216. The molecule has 1 amide bonds. The minimum atomic E-state index is -0.319. The van der Waals surface area contributed by atoms with Gasteiger partial charge in [-0.05, 0) is 52.7 Å². The Labute approximate surface area is 179 Å². The van der Waals surface area contributed by atoms with Crippen LogP contribution >= 0.6 is 0 Å². The fourth-order valence-electron chi connectivity index (χ4n) is 3.12. The third-order valence-electron chi connectivity index (χ3n) is 4.64. The Bertz CT molecular complexity index is 1240. The minimum Gasteiger partial charge on any atom is -0.486 e. The molecule has 6 heteroatoms. The van der Waals surface area contributed by atoms with Crippen LogP contribution < -0.4 is 14.8 Å². The molecule has 0 aliphatic rings. The van der Waals surface area contributed by atoms with E-state index >= 15 is 0 Å². The summed E-state index contributed by atoms with van der Waals surface area (Å²) in [4.78, 5) is 12.4. The number of fused-ring (bicyclic) bond motifs is 1. The van der Waals surface area contributed by atoms with Gasteiger partial charge in [0.05, 0.1) is 0 Å². The summed E-state index contributed by atoms with van der Waals surface area (Å²) in [6.45, 7) is 0.516. The number of ether oxygens (including phenoxy) is 2. The van der Waals surface area contributed by atoms with Crippen LogP contribution in [0.25, 0.3) is 10.8 Å². The van der Waals surface area contributed by atoms with Crippen molar-refractivity contribution in [3.8, 4) is 17.6 Å². The number of hydrogen-bond acceptors (Lipinski definition) is 5. The maximum absolute atomic E-state index is 12.4. The van der Waals surface area contributed by atoms with Crippen molar-refractivity contribution in [1.29, 1.82) is 5.26 Å². The molecule has 1 aromatic heterocycles. The van der Waals surface area contributed by atoms with Crippen molar-refractivity contribution < 1.29 is 18.7 Å². The summed E-state index contributed by atoms with van der Waals surface area (Å²) in [5.41, 5.74) is 0.857. The van der Waals surface area contributed by atoms with Gasteiger partial charge in [0.25, 0.3) is 5.91 Å². The molecule has 0 saturated carbocycles. The average molecular weight is 412 g/mol. The number of rotatable bonds is 8. The van der Waals surface area contributed by atoms with Gasteiger partial charge in [0.15, 0.2) is 12.4 Å². The number of carbonyl (C=O) groups excluding carboxylic acids is 1. The Morgan fingerprint density at radius 3 is 2.61 bits per heavy atom. The molecule has 0 aliphatic carbocycles. The highest BCUT2D eigenvalue weighted by Crippen LogP contribution is 2.22. The summed E-state index contributed by atoms with van der Waals surface area (Å²) in [6, 6.07) is 26.4. The van der Waals surface area contributed by atoms with E-state index in [2.05, 4.69) is 5.32 Å². The van der Waals surface area contributed by atoms with E-state index in [1.165, 1.54) is 0 Å². The summed E-state index contributed by atoms with van der Waals surface area (Å²) in [6.07, 6.45) is 0. The predicted molar refractivity (Wildman–Crippen MR) is 116 cm³/mol. The summed E-state index contributed by atoms with van der Waals surface area (Å²) in [5, 5.41) is 13.7. The first-order chi connectivity index (χ1) is 15.2. The van der Waals surface area contributed by atoms with E-state index in [1.807, 2.05) is 60.7 Å². The third-order valence-corrected chi connectivity index (χ3v) is 4.64. The van der Waals surface area contributed by atoms with Crippen molar-refractivity contribution in [3.05, 3.63) is 95.9 Å². The number of hydrogen-bond donors (Lipinski definition) is 1. The van der Waals surface area contributed by atoms with E-state index in [9.17, 15) is 4.79 Å². The van der Waals surface area contributed by atoms with Crippen molar-refractivity contribution in [1.82, 2.24) is 5.32 Å². The number of amides is 1. The van der Waals surface area contributed by atoms with Gasteiger partial charge in [-0.1, -0.05) is 42.5 Å². The molecular weight excluding hydrogens is 392 g/mol. The molecule has 0 saturated heterocycles. The first-order valence-corrected chi connectivity index (χ1v) is 9.78. The lowest BCUT2D eigenvalue weighted by molar-refractivity contribution is 0.0919. The monoisotopic (exact) mass is 412 g/mol. The van der Waals surface area contributed by atoms with Gasteiger partial charge in [-0.2, -0.15) is 5.26 Å².